The SMILES string of the molecule is COc1cc(/C=C\C#N)ccc1OC(=O)c1cccc(F)c1. The van der Waals surface area contributed by atoms with Crippen LogP contribution in [0.5, 0.6) is 11.5 Å². The molecule has 0 aliphatic rings. The van der Waals surface area contributed by atoms with Crippen LogP contribution in [0.25, 0.3) is 6.08 Å². The van der Waals surface area contributed by atoms with Crippen LogP contribution in [-0.4, -0.2) is 13.1 Å². The van der Waals surface area contributed by atoms with Gasteiger partial charge in [0, 0.05) is 6.08 Å². The zero-order chi connectivity index (χ0) is 15.9. The molecular weight excluding hydrogens is 285 g/mol. The van der Waals surface area contributed by atoms with Gasteiger partial charge in [-0.15, -0.1) is 0 Å². The van der Waals surface area contributed by atoms with Crippen molar-refractivity contribution in [2.75, 3.05) is 7.11 Å². The molecule has 22 heavy (non-hydrogen) atoms. The number of nitrogens with zero attached hydrogens (tertiary/aromatic N) is 1. The number of nitriles is 1. The van der Waals surface area contributed by atoms with Crippen LogP contribution in [0.2, 0.25) is 0 Å². The highest BCUT2D eigenvalue weighted by atomic mass is 19.1. The highest BCUT2D eigenvalue weighted by molar-refractivity contribution is 5.91. The molecule has 0 heterocycles. The largest absolute Gasteiger partial charge is 0.493 e. The fourth-order valence-electron chi connectivity index (χ4n) is 1.78. The molecule has 0 atom stereocenters. The second-order valence-corrected chi connectivity index (χ2v) is 4.27. The Morgan fingerprint density at radius 2 is 2.05 bits per heavy atom. The van der Waals surface area contributed by atoms with Crippen molar-refractivity contribution in [2.24, 2.45) is 0 Å². The van der Waals surface area contributed by atoms with Gasteiger partial charge in [0.1, 0.15) is 5.82 Å². The zero-order valence-electron chi connectivity index (χ0n) is 11.7. The zero-order valence-corrected chi connectivity index (χ0v) is 11.7. The molecule has 4 nitrogen and oxygen atoms in total. The molecule has 5 heteroatoms. The Morgan fingerprint density at radius 3 is 2.73 bits per heavy atom. The van der Waals surface area contributed by atoms with Crippen molar-refractivity contribution in [1.29, 1.82) is 5.26 Å². The van der Waals surface area contributed by atoms with Crippen LogP contribution in [-0.2, 0) is 0 Å². The maximum atomic E-state index is 13.1. The lowest BCUT2D eigenvalue weighted by Gasteiger charge is -2.10. The molecule has 0 unspecified atom stereocenters. The molecule has 0 N–H and O–H groups in total. The predicted octanol–water partition coefficient (Wildman–Crippen LogP) is 3.59. The first-order chi connectivity index (χ1) is 10.6. The number of hydrogen-bond acceptors (Lipinski definition) is 4. The van der Waals surface area contributed by atoms with Gasteiger partial charge < -0.3 is 9.47 Å². The van der Waals surface area contributed by atoms with E-state index >= 15 is 0 Å². The van der Waals surface area contributed by atoms with Crippen LogP contribution >= 0.6 is 0 Å². The minimum absolute atomic E-state index is 0.107. The number of hydrogen-bond donors (Lipinski definition) is 0. The molecule has 0 saturated carbocycles. The van der Waals surface area contributed by atoms with Gasteiger partial charge in [-0.25, -0.2) is 9.18 Å². The lowest BCUT2D eigenvalue weighted by atomic mass is 10.2. The van der Waals surface area contributed by atoms with E-state index in [1.807, 2.05) is 6.07 Å². The second kappa shape index (κ2) is 7.04. The van der Waals surface area contributed by atoms with Crippen LogP contribution in [0, 0.1) is 17.1 Å². The number of allylic oxidation sites excluding steroid dienone is 1. The Balaban J connectivity index is 2.24. The van der Waals surface area contributed by atoms with E-state index in [0.29, 0.717) is 5.75 Å². The third-order valence-electron chi connectivity index (χ3n) is 2.80. The lowest BCUT2D eigenvalue weighted by Crippen LogP contribution is -2.09. The van der Waals surface area contributed by atoms with Gasteiger partial charge >= 0.3 is 5.97 Å². The molecule has 110 valence electrons. The van der Waals surface area contributed by atoms with E-state index in [1.54, 1.807) is 24.3 Å². The molecule has 0 aliphatic heterocycles. The summed E-state index contributed by atoms with van der Waals surface area (Å²) in [5.74, 6) is -0.646. The summed E-state index contributed by atoms with van der Waals surface area (Å²) in [4.78, 5) is 12.0. The molecule has 0 aromatic heterocycles. The molecule has 0 aliphatic carbocycles. The van der Waals surface area contributed by atoms with Crippen LogP contribution in [0.15, 0.2) is 48.5 Å². The van der Waals surface area contributed by atoms with Crippen LogP contribution in [0.1, 0.15) is 15.9 Å². The van der Waals surface area contributed by atoms with Gasteiger partial charge in [0.25, 0.3) is 0 Å². The molecule has 0 radical (unpaired) electrons. The van der Waals surface area contributed by atoms with Gasteiger partial charge in [0.2, 0.25) is 0 Å². The van der Waals surface area contributed by atoms with E-state index in [-0.39, 0.29) is 11.3 Å². The van der Waals surface area contributed by atoms with Gasteiger partial charge in [-0.3, -0.25) is 0 Å². The van der Waals surface area contributed by atoms with E-state index in [2.05, 4.69) is 0 Å². The molecule has 2 aromatic rings. The normalized spacial score (nSPS) is 10.2. The first kappa shape index (κ1) is 15.3. The quantitative estimate of drug-likeness (QED) is 0.491. The third-order valence-corrected chi connectivity index (χ3v) is 2.80. The van der Waals surface area contributed by atoms with Crippen molar-refractivity contribution in [1.82, 2.24) is 0 Å². The van der Waals surface area contributed by atoms with Gasteiger partial charge in [0.05, 0.1) is 18.7 Å². The number of esters is 1. The Hall–Kier alpha value is -3.13. The molecule has 0 spiro atoms. The van der Waals surface area contributed by atoms with Crippen molar-refractivity contribution in [3.63, 3.8) is 0 Å². The molecule has 0 saturated heterocycles. The lowest BCUT2D eigenvalue weighted by molar-refractivity contribution is 0.0729. The Labute approximate surface area is 127 Å². The smallest absolute Gasteiger partial charge is 0.343 e. The maximum absolute atomic E-state index is 13.1. The Bertz CT molecular complexity index is 763. The molecular formula is C17H12FNO3. The highest BCUT2D eigenvalue weighted by Gasteiger charge is 2.13. The van der Waals surface area contributed by atoms with Crippen LogP contribution in [0.4, 0.5) is 4.39 Å². The van der Waals surface area contributed by atoms with Crippen LogP contribution in [0.3, 0.4) is 0 Å². The number of ether oxygens (including phenoxy) is 2. The summed E-state index contributed by atoms with van der Waals surface area (Å²) in [6.07, 6.45) is 2.92. The number of methoxy groups -OCH3 is 1. The minimum atomic E-state index is -0.682. The third kappa shape index (κ3) is 3.70. The highest BCUT2D eigenvalue weighted by Crippen LogP contribution is 2.29. The summed E-state index contributed by atoms with van der Waals surface area (Å²) in [6, 6.07) is 12.0. The summed E-state index contributed by atoms with van der Waals surface area (Å²) >= 11 is 0. The fraction of sp³-hybridized carbons (Fsp3) is 0.0588. The summed E-state index contributed by atoms with van der Waals surface area (Å²) < 4.78 is 23.5. The van der Waals surface area contributed by atoms with Crippen molar-refractivity contribution in [2.45, 2.75) is 0 Å². The number of benzene rings is 2. The van der Waals surface area contributed by atoms with Gasteiger partial charge in [-0.05, 0) is 42.0 Å². The van der Waals surface area contributed by atoms with Gasteiger partial charge in [-0.1, -0.05) is 12.1 Å². The standard InChI is InChI=1S/C17H12FNO3/c1-21-16-10-12(4-3-9-19)7-8-15(16)22-17(20)13-5-2-6-14(18)11-13/h2-8,10-11H,1H3/b4-3-. The van der Waals surface area contributed by atoms with E-state index in [9.17, 15) is 9.18 Å². The maximum Gasteiger partial charge on any atom is 0.343 e. The summed E-state index contributed by atoms with van der Waals surface area (Å²) in [7, 11) is 1.44. The number of rotatable bonds is 4. The van der Waals surface area contributed by atoms with E-state index in [4.69, 9.17) is 14.7 Å². The Kier molecular flexibility index (Phi) is 4.89. The average molecular weight is 297 g/mol. The van der Waals surface area contributed by atoms with Crippen molar-refractivity contribution in [3.8, 4) is 17.6 Å². The van der Waals surface area contributed by atoms with Crippen LogP contribution < -0.4 is 9.47 Å². The predicted molar refractivity (Wildman–Crippen MR) is 79.0 cm³/mol. The molecule has 0 fully saturated rings. The molecule has 2 aromatic carbocycles. The minimum Gasteiger partial charge on any atom is -0.493 e. The topological polar surface area (TPSA) is 59.3 Å². The average Bonchev–Trinajstić information content (AvgIpc) is 2.53. The van der Waals surface area contributed by atoms with Crippen molar-refractivity contribution >= 4 is 12.0 Å². The van der Waals surface area contributed by atoms with Crippen molar-refractivity contribution in [3.05, 3.63) is 65.5 Å². The molecule has 2 rings (SSSR count). The summed E-state index contributed by atoms with van der Waals surface area (Å²) in [5.41, 5.74) is 0.833. The van der Waals surface area contributed by atoms with Crippen molar-refractivity contribution < 1.29 is 18.7 Å². The Morgan fingerprint density at radius 1 is 1.23 bits per heavy atom. The van der Waals surface area contributed by atoms with Gasteiger partial charge in [0.15, 0.2) is 11.5 Å². The summed E-state index contributed by atoms with van der Waals surface area (Å²) in [6.45, 7) is 0. The molecule has 0 amide bonds. The first-order valence-corrected chi connectivity index (χ1v) is 6.36. The second-order valence-electron chi connectivity index (χ2n) is 4.27. The first-order valence-electron chi connectivity index (χ1n) is 6.36. The number of carbonyl (C=O) groups excluding carboxylic acids is 1. The van der Waals surface area contributed by atoms with Gasteiger partial charge in [-0.2, -0.15) is 5.26 Å². The van der Waals surface area contributed by atoms with E-state index in [1.165, 1.54) is 31.4 Å². The number of carbonyl (C=O) groups is 1. The monoisotopic (exact) mass is 297 g/mol. The molecule has 0 bridgehead atoms. The number of halogens is 1. The van der Waals surface area contributed by atoms with E-state index in [0.717, 1.165) is 11.6 Å². The fourth-order valence-corrected chi connectivity index (χ4v) is 1.78. The van der Waals surface area contributed by atoms with E-state index < -0.39 is 11.8 Å². The summed E-state index contributed by atoms with van der Waals surface area (Å²) in [5, 5.41) is 8.51.